The number of rotatable bonds is 4. The molecule has 0 aromatic heterocycles. The van der Waals surface area contributed by atoms with Crippen molar-refractivity contribution in [3.63, 3.8) is 0 Å². The molecule has 2 amide bonds. The summed E-state index contributed by atoms with van der Waals surface area (Å²) >= 11 is 5.82. The topological polar surface area (TPSA) is 73.5 Å². The zero-order valence-electron chi connectivity index (χ0n) is 11.7. The number of hydrogen-bond acceptors (Lipinski definition) is 4. The van der Waals surface area contributed by atoms with E-state index >= 15 is 0 Å². The third-order valence-electron chi connectivity index (χ3n) is 3.21. The Balaban J connectivity index is 1.71. The molecule has 7 heteroatoms. The van der Waals surface area contributed by atoms with Crippen LogP contribution in [0.4, 0.5) is 5.69 Å². The summed E-state index contributed by atoms with van der Waals surface area (Å²) < 4.78 is 0. The van der Waals surface area contributed by atoms with Gasteiger partial charge in [-0.25, -0.2) is 0 Å². The fourth-order valence-electron chi connectivity index (χ4n) is 2.10. The minimum Gasteiger partial charge on any atom is -0.347 e. The molecule has 0 radical (unpaired) electrons. The van der Waals surface area contributed by atoms with Crippen molar-refractivity contribution < 1.29 is 9.59 Å². The lowest BCUT2D eigenvalue weighted by molar-refractivity contribution is -0.136. The smallest absolute Gasteiger partial charge is 0.313 e. The Morgan fingerprint density at radius 2 is 2.00 bits per heavy atom. The molecule has 1 aliphatic rings. The predicted molar refractivity (Wildman–Crippen MR) is 82.4 cm³/mol. The van der Waals surface area contributed by atoms with Crippen LogP contribution in [-0.4, -0.2) is 56.0 Å². The van der Waals surface area contributed by atoms with Gasteiger partial charge in [0.1, 0.15) is 0 Å². The molecular weight excluding hydrogens is 292 g/mol. The molecule has 21 heavy (non-hydrogen) atoms. The van der Waals surface area contributed by atoms with Gasteiger partial charge < -0.3 is 16.0 Å². The van der Waals surface area contributed by atoms with E-state index in [-0.39, 0.29) is 0 Å². The first-order valence-corrected chi connectivity index (χ1v) is 7.31. The second kappa shape index (κ2) is 7.97. The largest absolute Gasteiger partial charge is 0.347 e. The molecule has 2 rings (SSSR count). The maximum Gasteiger partial charge on any atom is 0.313 e. The first kappa shape index (κ1) is 15.8. The summed E-state index contributed by atoms with van der Waals surface area (Å²) in [5.41, 5.74) is 0.504. The summed E-state index contributed by atoms with van der Waals surface area (Å²) in [6.07, 6.45) is 0. The Bertz CT molecular complexity index is 504. The lowest BCUT2D eigenvalue weighted by atomic mass is 10.3. The molecule has 1 saturated heterocycles. The van der Waals surface area contributed by atoms with Crippen molar-refractivity contribution >= 4 is 29.1 Å². The van der Waals surface area contributed by atoms with Gasteiger partial charge in [0.25, 0.3) is 0 Å². The van der Waals surface area contributed by atoms with Crippen LogP contribution in [0.2, 0.25) is 5.02 Å². The molecule has 1 fully saturated rings. The van der Waals surface area contributed by atoms with Gasteiger partial charge in [-0.3, -0.25) is 14.5 Å². The van der Waals surface area contributed by atoms with Crippen LogP contribution in [0, 0.1) is 0 Å². The minimum atomic E-state index is -0.683. The van der Waals surface area contributed by atoms with E-state index in [9.17, 15) is 9.59 Å². The fraction of sp³-hybridized carbons (Fsp3) is 0.429. The van der Waals surface area contributed by atoms with Crippen molar-refractivity contribution in [1.29, 1.82) is 0 Å². The van der Waals surface area contributed by atoms with Gasteiger partial charge in [0.05, 0.1) is 0 Å². The first-order valence-electron chi connectivity index (χ1n) is 6.93. The predicted octanol–water partition coefficient (Wildman–Crippen LogP) is 0.300. The van der Waals surface area contributed by atoms with Gasteiger partial charge in [-0.2, -0.15) is 0 Å². The minimum absolute atomic E-state index is 0.460. The number of hydrogen-bond donors (Lipinski definition) is 3. The summed E-state index contributed by atoms with van der Waals surface area (Å²) in [7, 11) is 0. The van der Waals surface area contributed by atoms with Crippen molar-refractivity contribution in [2.45, 2.75) is 0 Å². The molecule has 6 nitrogen and oxygen atoms in total. The van der Waals surface area contributed by atoms with Crippen LogP contribution in [0.3, 0.4) is 0 Å². The summed E-state index contributed by atoms with van der Waals surface area (Å²) in [6, 6.07) is 6.68. The van der Waals surface area contributed by atoms with Crippen LogP contribution in [0.5, 0.6) is 0 Å². The number of nitrogens with zero attached hydrogens (tertiary/aromatic N) is 1. The van der Waals surface area contributed by atoms with Gasteiger partial charge in [0, 0.05) is 50.0 Å². The highest BCUT2D eigenvalue weighted by Gasteiger charge is 2.14. The molecule has 0 aliphatic carbocycles. The lowest BCUT2D eigenvalue weighted by Gasteiger charge is -2.26. The van der Waals surface area contributed by atoms with E-state index in [4.69, 9.17) is 11.6 Å². The lowest BCUT2D eigenvalue weighted by Crippen LogP contribution is -2.47. The number of benzene rings is 1. The Morgan fingerprint density at radius 1 is 1.24 bits per heavy atom. The SMILES string of the molecule is O=C(NCCN1CCNCC1)C(=O)Nc1cccc(Cl)c1. The monoisotopic (exact) mass is 310 g/mol. The highest BCUT2D eigenvalue weighted by Crippen LogP contribution is 2.14. The average molecular weight is 311 g/mol. The molecule has 3 N–H and O–H groups in total. The van der Waals surface area contributed by atoms with E-state index in [1.165, 1.54) is 0 Å². The Kier molecular flexibility index (Phi) is 5.98. The van der Waals surface area contributed by atoms with Crippen LogP contribution in [-0.2, 0) is 9.59 Å². The third kappa shape index (κ3) is 5.34. The number of carbonyl (C=O) groups is 2. The summed E-state index contributed by atoms with van der Waals surface area (Å²) in [5.74, 6) is -1.32. The number of nitrogens with one attached hydrogen (secondary N) is 3. The summed E-state index contributed by atoms with van der Waals surface area (Å²) in [4.78, 5) is 25.6. The zero-order chi connectivity index (χ0) is 15.1. The molecular formula is C14H19ClN4O2. The maximum absolute atomic E-state index is 11.7. The molecule has 1 aliphatic heterocycles. The van der Waals surface area contributed by atoms with Crippen molar-refractivity contribution in [2.24, 2.45) is 0 Å². The highest BCUT2D eigenvalue weighted by molar-refractivity contribution is 6.39. The summed E-state index contributed by atoms with van der Waals surface area (Å²) in [5, 5.41) is 8.90. The Hall–Kier alpha value is -1.63. The summed E-state index contributed by atoms with van der Waals surface area (Å²) in [6.45, 7) is 5.06. The van der Waals surface area contributed by atoms with Gasteiger partial charge in [-0.05, 0) is 18.2 Å². The molecule has 0 bridgehead atoms. The highest BCUT2D eigenvalue weighted by atomic mass is 35.5. The quantitative estimate of drug-likeness (QED) is 0.699. The second-order valence-electron chi connectivity index (χ2n) is 4.81. The van der Waals surface area contributed by atoms with Crippen molar-refractivity contribution in [1.82, 2.24) is 15.5 Å². The Morgan fingerprint density at radius 3 is 2.71 bits per heavy atom. The van der Waals surface area contributed by atoms with Crippen LogP contribution in [0.15, 0.2) is 24.3 Å². The molecule has 0 unspecified atom stereocenters. The van der Waals surface area contributed by atoms with Crippen LogP contribution in [0.1, 0.15) is 0 Å². The van der Waals surface area contributed by atoms with Crippen LogP contribution < -0.4 is 16.0 Å². The third-order valence-corrected chi connectivity index (χ3v) is 3.45. The standard InChI is InChI=1S/C14H19ClN4O2/c15-11-2-1-3-12(10-11)18-14(21)13(20)17-6-9-19-7-4-16-5-8-19/h1-3,10,16H,4-9H2,(H,17,20)(H,18,21). The van der Waals surface area contributed by atoms with E-state index in [2.05, 4.69) is 20.9 Å². The van der Waals surface area contributed by atoms with E-state index in [0.29, 0.717) is 17.3 Å². The van der Waals surface area contributed by atoms with Crippen molar-refractivity contribution in [3.8, 4) is 0 Å². The first-order chi connectivity index (χ1) is 10.1. The molecule has 114 valence electrons. The maximum atomic E-state index is 11.7. The van der Waals surface area contributed by atoms with E-state index in [1.54, 1.807) is 24.3 Å². The molecule has 0 saturated carbocycles. The van der Waals surface area contributed by atoms with E-state index < -0.39 is 11.8 Å². The van der Waals surface area contributed by atoms with Crippen LogP contribution >= 0.6 is 11.6 Å². The zero-order valence-corrected chi connectivity index (χ0v) is 12.4. The molecule has 1 heterocycles. The van der Waals surface area contributed by atoms with Gasteiger partial charge in [0.2, 0.25) is 0 Å². The molecule has 0 atom stereocenters. The molecule has 1 aromatic rings. The van der Waals surface area contributed by atoms with Gasteiger partial charge in [0.15, 0.2) is 0 Å². The van der Waals surface area contributed by atoms with Crippen molar-refractivity contribution in [3.05, 3.63) is 29.3 Å². The molecule has 1 aromatic carbocycles. The number of halogens is 1. The molecule has 0 spiro atoms. The van der Waals surface area contributed by atoms with E-state index in [1.807, 2.05) is 0 Å². The normalized spacial score (nSPS) is 15.5. The van der Waals surface area contributed by atoms with Gasteiger partial charge >= 0.3 is 11.8 Å². The van der Waals surface area contributed by atoms with Gasteiger partial charge in [-0.15, -0.1) is 0 Å². The number of anilines is 1. The van der Waals surface area contributed by atoms with E-state index in [0.717, 1.165) is 32.7 Å². The average Bonchev–Trinajstić information content (AvgIpc) is 2.48. The number of carbonyl (C=O) groups excluding carboxylic acids is 2. The van der Waals surface area contributed by atoms with Crippen LogP contribution in [0.25, 0.3) is 0 Å². The van der Waals surface area contributed by atoms with Gasteiger partial charge in [-0.1, -0.05) is 17.7 Å². The number of piperazine rings is 1. The Labute approximate surface area is 128 Å². The second-order valence-corrected chi connectivity index (χ2v) is 5.25. The van der Waals surface area contributed by atoms with Crippen molar-refractivity contribution in [2.75, 3.05) is 44.6 Å². The number of amides is 2. The fourth-order valence-corrected chi connectivity index (χ4v) is 2.29.